The van der Waals surface area contributed by atoms with Crippen molar-refractivity contribution < 1.29 is 33.4 Å². The second kappa shape index (κ2) is 14.5. The lowest BCUT2D eigenvalue weighted by atomic mass is 10.2. The van der Waals surface area contributed by atoms with Crippen LogP contribution < -0.4 is 21.3 Å². The SMILES string of the molecule is CC(C)(C)OC(=O)NCCC(=O)Nc1cc(Br)cnc1NCCOC(=O)CCNC(=O)OC(C)(C)C. The van der Waals surface area contributed by atoms with E-state index in [0.717, 1.165) is 0 Å². The summed E-state index contributed by atoms with van der Waals surface area (Å²) in [5.74, 6) is -0.435. The molecule has 13 heteroatoms. The molecule has 1 heterocycles. The summed E-state index contributed by atoms with van der Waals surface area (Å²) in [7, 11) is 0. The van der Waals surface area contributed by atoms with Crippen LogP contribution in [0.2, 0.25) is 0 Å². The fourth-order valence-corrected chi connectivity index (χ4v) is 2.80. The highest BCUT2D eigenvalue weighted by Gasteiger charge is 2.17. The molecular formula is C23H36BrN5O7. The highest BCUT2D eigenvalue weighted by Crippen LogP contribution is 2.23. The molecule has 0 aliphatic heterocycles. The molecule has 0 aliphatic rings. The quantitative estimate of drug-likeness (QED) is 0.176. The summed E-state index contributed by atoms with van der Waals surface area (Å²) in [6, 6.07) is 1.67. The number of carbonyl (C=O) groups excluding carboxylic acids is 4. The van der Waals surface area contributed by atoms with Gasteiger partial charge in [0.15, 0.2) is 0 Å². The molecule has 4 N–H and O–H groups in total. The maximum absolute atomic E-state index is 12.3. The zero-order chi connectivity index (χ0) is 27.4. The molecule has 1 rings (SSSR count). The number of nitrogens with one attached hydrogen (secondary N) is 4. The number of hydrogen-bond acceptors (Lipinski definition) is 9. The smallest absolute Gasteiger partial charge is 0.407 e. The monoisotopic (exact) mass is 573 g/mol. The van der Waals surface area contributed by atoms with Crippen LogP contribution in [0.4, 0.5) is 21.1 Å². The van der Waals surface area contributed by atoms with Crippen molar-refractivity contribution in [3.8, 4) is 0 Å². The lowest BCUT2D eigenvalue weighted by molar-refractivity contribution is -0.143. The minimum Gasteiger partial charge on any atom is -0.464 e. The molecule has 0 fully saturated rings. The summed E-state index contributed by atoms with van der Waals surface area (Å²) in [4.78, 5) is 51.6. The molecule has 1 aromatic heterocycles. The van der Waals surface area contributed by atoms with Gasteiger partial charge in [-0.25, -0.2) is 14.6 Å². The van der Waals surface area contributed by atoms with E-state index in [0.29, 0.717) is 16.0 Å². The van der Waals surface area contributed by atoms with Gasteiger partial charge in [0.1, 0.15) is 23.6 Å². The number of halogens is 1. The Labute approximate surface area is 219 Å². The summed E-state index contributed by atoms with van der Waals surface area (Å²) >= 11 is 3.31. The molecule has 0 radical (unpaired) electrons. The maximum Gasteiger partial charge on any atom is 0.407 e. The molecule has 0 spiro atoms. The highest BCUT2D eigenvalue weighted by molar-refractivity contribution is 9.10. The molecule has 0 saturated carbocycles. The lowest BCUT2D eigenvalue weighted by Crippen LogP contribution is -2.34. The molecule has 0 aromatic carbocycles. The van der Waals surface area contributed by atoms with Gasteiger partial charge >= 0.3 is 18.2 Å². The van der Waals surface area contributed by atoms with E-state index in [9.17, 15) is 19.2 Å². The van der Waals surface area contributed by atoms with Gasteiger partial charge in [0.2, 0.25) is 5.91 Å². The summed E-state index contributed by atoms with van der Waals surface area (Å²) in [6.07, 6.45) is 0.371. The lowest BCUT2D eigenvalue weighted by Gasteiger charge is -2.19. The number of aromatic nitrogens is 1. The highest BCUT2D eigenvalue weighted by atomic mass is 79.9. The average molecular weight is 574 g/mol. The Balaban J connectivity index is 2.40. The Morgan fingerprint density at radius 3 is 2.00 bits per heavy atom. The van der Waals surface area contributed by atoms with Crippen LogP contribution in [0.5, 0.6) is 0 Å². The summed E-state index contributed by atoms with van der Waals surface area (Å²) < 4.78 is 16.0. The number of anilines is 2. The molecule has 12 nitrogen and oxygen atoms in total. The largest absolute Gasteiger partial charge is 0.464 e. The van der Waals surface area contributed by atoms with Gasteiger partial charge in [-0.1, -0.05) is 0 Å². The Kier molecular flexibility index (Phi) is 12.4. The maximum atomic E-state index is 12.3. The Hall–Kier alpha value is -3.09. The Morgan fingerprint density at radius 1 is 0.889 bits per heavy atom. The second-order valence-electron chi connectivity index (χ2n) is 9.60. The summed E-state index contributed by atoms with van der Waals surface area (Å²) in [5.41, 5.74) is -0.827. The van der Waals surface area contributed by atoms with Gasteiger partial charge in [-0.3, -0.25) is 9.59 Å². The van der Waals surface area contributed by atoms with Crippen LogP contribution in [0.3, 0.4) is 0 Å². The second-order valence-corrected chi connectivity index (χ2v) is 10.5. The molecule has 3 amide bonds. The number of nitrogens with zero attached hydrogens (tertiary/aromatic N) is 1. The first-order valence-electron chi connectivity index (χ1n) is 11.4. The standard InChI is InChI=1S/C23H36BrN5O7/c1-22(2,3)35-20(32)26-9-7-17(30)29-16-13-15(24)14-28-19(16)25-11-12-34-18(31)8-10-27-21(33)36-23(4,5)6/h13-14H,7-12H2,1-6H3,(H,25,28)(H,26,32)(H,27,33)(H,29,30). The van der Waals surface area contributed by atoms with Crippen LogP contribution in [0.25, 0.3) is 0 Å². The molecule has 0 atom stereocenters. The summed E-state index contributed by atoms with van der Waals surface area (Å²) in [5, 5.41) is 10.7. The molecule has 0 saturated heterocycles. The van der Waals surface area contributed by atoms with Gasteiger partial charge in [0, 0.05) is 30.2 Å². The number of amides is 3. The Morgan fingerprint density at radius 2 is 1.44 bits per heavy atom. The van der Waals surface area contributed by atoms with Gasteiger partial charge in [0.25, 0.3) is 0 Å². The van der Waals surface area contributed by atoms with E-state index in [2.05, 4.69) is 42.2 Å². The van der Waals surface area contributed by atoms with E-state index >= 15 is 0 Å². The van der Waals surface area contributed by atoms with Crippen molar-refractivity contribution in [2.45, 2.75) is 65.6 Å². The van der Waals surface area contributed by atoms with E-state index in [-0.39, 0.29) is 45.0 Å². The van der Waals surface area contributed by atoms with E-state index in [1.807, 2.05) is 0 Å². The number of esters is 1. The molecule has 1 aromatic rings. The average Bonchev–Trinajstić information content (AvgIpc) is 2.69. The molecule has 36 heavy (non-hydrogen) atoms. The van der Waals surface area contributed by atoms with Crippen LogP contribution in [0.1, 0.15) is 54.4 Å². The first kappa shape index (κ1) is 30.9. The van der Waals surface area contributed by atoms with Gasteiger partial charge in [-0.15, -0.1) is 0 Å². The minimum atomic E-state index is -0.625. The fourth-order valence-electron chi connectivity index (χ4n) is 2.47. The third kappa shape index (κ3) is 15.0. The molecular weight excluding hydrogens is 538 g/mol. The van der Waals surface area contributed by atoms with Crippen molar-refractivity contribution in [2.24, 2.45) is 0 Å². The van der Waals surface area contributed by atoms with Gasteiger partial charge in [0.05, 0.1) is 18.7 Å². The van der Waals surface area contributed by atoms with Crippen molar-refractivity contribution in [3.05, 3.63) is 16.7 Å². The van der Waals surface area contributed by atoms with E-state index in [1.54, 1.807) is 53.8 Å². The minimum absolute atomic E-state index is 0.00554. The normalized spacial score (nSPS) is 11.2. The van der Waals surface area contributed by atoms with Crippen LogP contribution in [-0.4, -0.2) is 66.5 Å². The first-order chi connectivity index (χ1) is 16.6. The van der Waals surface area contributed by atoms with Crippen LogP contribution in [-0.2, 0) is 23.8 Å². The third-order valence-corrected chi connectivity index (χ3v) is 4.24. The zero-order valence-corrected chi connectivity index (χ0v) is 23.2. The van der Waals surface area contributed by atoms with Crippen molar-refractivity contribution in [1.82, 2.24) is 15.6 Å². The molecule has 0 unspecified atom stereocenters. The predicted molar refractivity (Wildman–Crippen MR) is 138 cm³/mol. The van der Waals surface area contributed by atoms with Crippen molar-refractivity contribution in [2.75, 3.05) is 36.9 Å². The van der Waals surface area contributed by atoms with Crippen LogP contribution in [0.15, 0.2) is 16.7 Å². The Bertz CT molecular complexity index is 913. The summed E-state index contributed by atoms with van der Waals surface area (Å²) in [6.45, 7) is 11.0. The number of carbonyl (C=O) groups is 4. The van der Waals surface area contributed by atoms with Gasteiger partial charge in [-0.2, -0.15) is 0 Å². The van der Waals surface area contributed by atoms with Crippen LogP contribution in [0, 0.1) is 0 Å². The van der Waals surface area contributed by atoms with Gasteiger partial charge in [-0.05, 0) is 63.5 Å². The van der Waals surface area contributed by atoms with Crippen molar-refractivity contribution >= 4 is 51.5 Å². The third-order valence-electron chi connectivity index (χ3n) is 3.80. The predicted octanol–water partition coefficient (Wildman–Crippen LogP) is 3.57. The fraction of sp³-hybridized carbons (Fsp3) is 0.609. The number of alkyl carbamates (subject to hydrolysis) is 2. The topological polar surface area (TPSA) is 157 Å². The first-order valence-corrected chi connectivity index (χ1v) is 12.2. The van der Waals surface area contributed by atoms with E-state index < -0.39 is 29.4 Å². The number of hydrogen-bond donors (Lipinski definition) is 4. The van der Waals surface area contributed by atoms with Crippen molar-refractivity contribution in [3.63, 3.8) is 0 Å². The number of rotatable bonds is 11. The molecule has 0 aliphatic carbocycles. The van der Waals surface area contributed by atoms with E-state index in [1.165, 1.54) is 0 Å². The van der Waals surface area contributed by atoms with Crippen LogP contribution >= 0.6 is 15.9 Å². The molecule has 202 valence electrons. The zero-order valence-electron chi connectivity index (χ0n) is 21.6. The van der Waals surface area contributed by atoms with Crippen molar-refractivity contribution in [1.29, 1.82) is 0 Å². The van der Waals surface area contributed by atoms with E-state index in [4.69, 9.17) is 14.2 Å². The molecule has 0 bridgehead atoms. The number of ether oxygens (including phenoxy) is 3. The number of pyridine rings is 1. The van der Waals surface area contributed by atoms with Gasteiger partial charge < -0.3 is 35.5 Å².